The van der Waals surface area contributed by atoms with Gasteiger partial charge in [0.05, 0.1) is 0 Å². The lowest BCUT2D eigenvalue weighted by Crippen LogP contribution is -1.87. The Labute approximate surface area is 148 Å². The van der Waals surface area contributed by atoms with Gasteiger partial charge in [-0.15, -0.1) is 0 Å². The van der Waals surface area contributed by atoms with E-state index in [1.54, 1.807) is 0 Å². The summed E-state index contributed by atoms with van der Waals surface area (Å²) in [6, 6.07) is 12.8. The van der Waals surface area contributed by atoms with Crippen molar-refractivity contribution >= 4 is 0 Å². The first-order valence-corrected chi connectivity index (χ1v) is 9.96. The van der Waals surface area contributed by atoms with Gasteiger partial charge in [0.15, 0.2) is 0 Å². The van der Waals surface area contributed by atoms with Crippen LogP contribution in [-0.2, 0) is 6.42 Å². The van der Waals surface area contributed by atoms with Crippen LogP contribution in [0.4, 0.5) is 0 Å². The third-order valence-corrected chi connectivity index (χ3v) is 4.77. The Morgan fingerprint density at radius 3 is 1.96 bits per heavy atom. The molecule has 0 aliphatic heterocycles. The van der Waals surface area contributed by atoms with Gasteiger partial charge < -0.3 is 4.42 Å². The van der Waals surface area contributed by atoms with E-state index in [0.29, 0.717) is 0 Å². The molecule has 1 nitrogen and oxygen atoms in total. The van der Waals surface area contributed by atoms with E-state index >= 15 is 0 Å². The minimum absolute atomic E-state index is 1.02. The molecule has 0 N–H and O–H groups in total. The third kappa shape index (κ3) is 6.55. The molecule has 2 aromatic rings. The summed E-state index contributed by atoms with van der Waals surface area (Å²) in [6.07, 6.45) is 14.8. The van der Waals surface area contributed by atoms with Gasteiger partial charge in [-0.1, -0.05) is 95.0 Å². The first kappa shape index (κ1) is 18.8. The molecule has 0 unspecified atom stereocenters. The Morgan fingerprint density at radius 2 is 1.33 bits per heavy atom. The van der Waals surface area contributed by atoms with Crippen molar-refractivity contribution in [1.29, 1.82) is 0 Å². The molecule has 0 saturated heterocycles. The fourth-order valence-electron chi connectivity index (χ4n) is 3.38. The summed E-state index contributed by atoms with van der Waals surface area (Å²) < 4.78 is 5.95. The van der Waals surface area contributed by atoms with E-state index in [1.165, 1.54) is 81.1 Å². The van der Waals surface area contributed by atoms with Crippen molar-refractivity contribution in [2.45, 2.75) is 84.5 Å². The van der Waals surface area contributed by atoms with Crippen LogP contribution in [0.15, 0.2) is 40.8 Å². The van der Waals surface area contributed by atoms with Gasteiger partial charge in [-0.3, -0.25) is 0 Å². The Bertz CT molecular complexity index is 553. The highest BCUT2D eigenvalue weighted by Crippen LogP contribution is 2.28. The van der Waals surface area contributed by atoms with E-state index in [1.807, 2.05) is 0 Å². The number of benzene rings is 1. The molecule has 0 aliphatic rings. The van der Waals surface area contributed by atoms with Gasteiger partial charge in [0.2, 0.25) is 0 Å². The molecule has 0 spiro atoms. The lowest BCUT2D eigenvalue weighted by atomic mass is 10.0. The van der Waals surface area contributed by atoms with Crippen LogP contribution < -0.4 is 0 Å². The van der Waals surface area contributed by atoms with Crippen molar-refractivity contribution in [3.63, 3.8) is 0 Å². The molecule has 2 rings (SSSR count). The van der Waals surface area contributed by atoms with Gasteiger partial charge in [-0.25, -0.2) is 0 Å². The summed E-state index contributed by atoms with van der Waals surface area (Å²) in [4.78, 5) is 0. The zero-order valence-corrected chi connectivity index (χ0v) is 15.7. The maximum absolute atomic E-state index is 5.95. The number of rotatable bonds is 12. The molecule has 1 aromatic heterocycles. The Hall–Kier alpha value is -1.50. The first-order chi connectivity index (χ1) is 11.8. The molecular formula is C23H34O. The first-order valence-electron chi connectivity index (χ1n) is 9.96. The molecule has 1 aromatic carbocycles. The summed E-state index contributed by atoms with van der Waals surface area (Å²) in [5.74, 6) is 2.19. The molecule has 24 heavy (non-hydrogen) atoms. The summed E-state index contributed by atoms with van der Waals surface area (Å²) in [5, 5.41) is 0. The zero-order valence-electron chi connectivity index (χ0n) is 15.7. The molecule has 0 atom stereocenters. The lowest BCUT2D eigenvalue weighted by molar-refractivity contribution is 0.470. The lowest BCUT2D eigenvalue weighted by Gasteiger charge is -2.04. The molecule has 132 valence electrons. The SMILES string of the molecule is CCCCCCCCCCCCc1oc(C)cc1-c1ccccc1. The summed E-state index contributed by atoms with van der Waals surface area (Å²) in [5.41, 5.74) is 2.56. The van der Waals surface area contributed by atoms with Crippen molar-refractivity contribution in [2.24, 2.45) is 0 Å². The molecule has 1 heterocycles. The third-order valence-electron chi connectivity index (χ3n) is 4.77. The van der Waals surface area contributed by atoms with Crippen molar-refractivity contribution in [1.82, 2.24) is 0 Å². The fourth-order valence-corrected chi connectivity index (χ4v) is 3.38. The fraction of sp³-hybridized carbons (Fsp3) is 0.565. The molecule has 0 amide bonds. The van der Waals surface area contributed by atoms with E-state index in [0.717, 1.165) is 12.2 Å². The monoisotopic (exact) mass is 326 g/mol. The number of aryl methyl sites for hydroxylation is 2. The van der Waals surface area contributed by atoms with Gasteiger partial charge in [0, 0.05) is 12.0 Å². The minimum Gasteiger partial charge on any atom is -0.466 e. The zero-order chi connectivity index (χ0) is 17.0. The number of unbranched alkanes of at least 4 members (excludes halogenated alkanes) is 9. The Morgan fingerprint density at radius 1 is 0.750 bits per heavy atom. The predicted octanol–water partition coefficient (Wildman–Crippen LogP) is 7.72. The van der Waals surface area contributed by atoms with E-state index < -0.39 is 0 Å². The standard InChI is InChI=1S/C23H34O/c1-3-4-5-6-7-8-9-10-11-15-18-23-22(19-20(2)24-23)21-16-13-12-14-17-21/h12-14,16-17,19H,3-11,15,18H2,1-2H3. The maximum Gasteiger partial charge on any atom is 0.111 e. The van der Waals surface area contributed by atoms with E-state index in [2.05, 4.69) is 50.2 Å². The van der Waals surface area contributed by atoms with Crippen LogP contribution in [0.25, 0.3) is 11.1 Å². The number of hydrogen-bond donors (Lipinski definition) is 0. The Kier molecular flexibility index (Phi) is 8.73. The van der Waals surface area contributed by atoms with Crippen molar-refractivity contribution in [3.05, 3.63) is 47.9 Å². The second-order valence-corrected chi connectivity index (χ2v) is 6.99. The second-order valence-electron chi connectivity index (χ2n) is 6.99. The normalized spacial score (nSPS) is 11.1. The summed E-state index contributed by atoms with van der Waals surface area (Å²) >= 11 is 0. The van der Waals surface area contributed by atoms with Crippen LogP contribution in [0.3, 0.4) is 0 Å². The highest BCUT2D eigenvalue weighted by molar-refractivity contribution is 5.66. The number of hydrogen-bond acceptors (Lipinski definition) is 1. The van der Waals surface area contributed by atoms with Crippen LogP contribution in [0.2, 0.25) is 0 Å². The predicted molar refractivity (Wildman–Crippen MR) is 104 cm³/mol. The van der Waals surface area contributed by atoms with Crippen LogP contribution >= 0.6 is 0 Å². The molecule has 0 fully saturated rings. The van der Waals surface area contributed by atoms with E-state index in [-0.39, 0.29) is 0 Å². The topological polar surface area (TPSA) is 13.1 Å². The van der Waals surface area contributed by atoms with Crippen LogP contribution in [0.5, 0.6) is 0 Å². The highest BCUT2D eigenvalue weighted by atomic mass is 16.3. The van der Waals surface area contributed by atoms with E-state index in [4.69, 9.17) is 4.42 Å². The summed E-state index contributed by atoms with van der Waals surface area (Å²) in [6.45, 7) is 4.33. The van der Waals surface area contributed by atoms with Gasteiger partial charge in [0.25, 0.3) is 0 Å². The van der Waals surface area contributed by atoms with Crippen LogP contribution in [-0.4, -0.2) is 0 Å². The van der Waals surface area contributed by atoms with Crippen LogP contribution in [0.1, 0.15) is 82.7 Å². The maximum atomic E-state index is 5.95. The van der Waals surface area contributed by atoms with Gasteiger partial charge in [-0.05, 0) is 25.0 Å². The Balaban J connectivity index is 1.65. The largest absolute Gasteiger partial charge is 0.466 e. The van der Waals surface area contributed by atoms with Gasteiger partial charge >= 0.3 is 0 Å². The van der Waals surface area contributed by atoms with Crippen LogP contribution in [0, 0.1) is 6.92 Å². The smallest absolute Gasteiger partial charge is 0.111 e. The minimum atomic E-state index is 1.02. The van der Waals surface area contributed by atoms with Crippen molar-refractivity contribution < 1.29 is 4.42 Å². The average Bonchev–Trinajstić information content (AvgIpc) is 2.98. The van der Waals surface area contributed by atoms with E-state index in [9.17, 15) is 0 Å². The molecule has 0 aliphatic carbocycles. The highest BCUT2D eigenvalue weighted by Gasteiger charge is 2.10. The molecule has 1 heteroatoms. The van der Waals surface area contributed by atoms with Crippen molar-refractivity contribution in [3.8, 4) is 11.1 Å². The average molecular weight is 327 g/mol. The molecule has 0 bridgehead atoms. The number of furan rings is 1. The quantitative estimate of drug-likeness (QED) is 0.364. The second kappa shape index (κ2) is 11.1. The molecule has 0 radical (unpaired) electrons. The molecule has 0 saturated carbocycles. The molecular weight excluding hydrogens is 292 g/mol. The summed E-state index contributed by atoms with van der Waals surface area (Å²) in [7, 11) is 0. The van der Waals surface area contributed by atoms with Gasteiger partial charge in [0.1, 0.15) is 11.5 Å². The van der Waals surface area contributed by atoms with Crippen molar-refractivity contribution in [2.75, 3.05) is 0 Å². The van der Waals surface area contributed by atoms with Gasteiger partial charge in [-0.2, -0.15) is 0 Å².